The molecule has 0 saturated carbocycles. The van der Waals surface area contributed by atoms with Crippen molar-refractivity contribution in [3.05, 3.63) is 65.7 Å². The van der Waals surface area contributed by atoms with Crippen molar-refractivity contribution in [2.24, 2.45) is 5.10 Å². The summed E-state index contributed by atoms with van der Waals surface area (Å²) < 4.78 is 0. The quantitative estimate of drug-likeness (QED) is 0.582. The number of benzene rings is 2. The first-order valence-corrected chi connectivity index (χ1v) is 6.65. The molecule has 0 fully saturated rings. The van der Waals surface area contributed by atoms with E-state index in [2.05, 4.69) is 36.3 Å². The van der Waals surface area contributed by atoms with E-state index in [1.165, 1.54) is 5.56 Å². The molecule has 0 radical (unpaired) electrons. The first kappa shape index (κ1) is 15.0. The number of anilines is 1. The van der Waals surface area contributed by atoms with Crippen LogP contribution in [0.3, 0.4) is 0 Å². The highest BCUT2D eigenvalue weighted by Gasteiger charge is 1.96. The second kappa shape index (κ2) is 8.09. The van der Waals surface area contributed by atoms with Gasteiger partial charge in [-0.1, -0.05) is 61.9 Å². The van der Waals surface area contributed by atoms with Crippen LogP contribution in [0.25, 0.3) is 0 Å². The monoisotopic (exact) mass is 254 g/mol. The maximum atomic E-state index is 4.40. The molecule has 0 bridgehead atoms. The molecule has 2 rings (SSSR count). The minimum Gasteiger partial charge on any atom is -0.269 e. The van der Waals surface area contributed by atoms with E-state index in [1.54, 1.807) is 0 Å². The molecule has 0 aromatic heterocycles. The zero-order chi connectivity index (χ0) is 14.1. The highest BCUT2D eigenvalue weighted by molar-refractivity contribution is 5.80. The van der Waals surface area contributed by atoms with Crippen molar-refractivity contribution in [2.45, 2.75) is 20.8 Å². The smallest absolute Gasteiger partial charge is 0.0590 e. The molecule has 0 saturated heterocycles. The molecule has 0 heterocycles. The Morgan fingerprint density at radius 1 is 0.895 bits per heavy atom. The highest BCUT2D eigenvalue weighted by Crippen LogP contribution is 2.13. The molecule has 19 heavy (non-hydrogen) atoms. The lowest BCUT2D eigenvalue weighted by Crippen LogP contribution is -2.08. The van der Waals surface area contributed by atoms with Crippen LogP contribution in [0.15, 0.2) is 59.7 Å². The SMILES string of the molecule is CC.Cc1ccc(N(C)N=Cc2ccccc2)cc1. The average molecular weight is 254 g/mol. The molecule has 0 aliphatic carbocycles. The van der Waals surface area contributed by atoms with E-state index < -0.39 is 0 Å². The molecule has 0 amide bonds. The molecule has 2 heteroatoms. The summed E-state index contributed by atoms with van der Waals surface area (Å²) in [6.45, 7) is 6.08. The van der Waals surface area contributed by atoms with Gasteiger partial charge in [0.1, 0.15) is 0 Å². The van der Waals surface area contributed by atoms with Crippen molar-refractivity contribution in [3.8, 4) is 0 Å². The Labute approximate surface area is 116 Å². The zero-order valence-electron chi connectivity index (χ0n) is 12.2. The van der Waals surface area contributed by atoms with Gasteiger partial charge in [0.15, 0.2) is 0 Å². The summed E-state index contributed by atoms with van der Waals surface area (Å²) >= 11 is 0. The van der Waals surface area contributed by atoms with Gasteiger partial charge in [-0.3, -0.25) is 5.01 Å². The van der Waals surface area contributed by atoms with E-state index in [4.69, 9.17) is 0 Å². The number of hydrogen-bond donors (Lipinski definition) is 0. The van der Waals surface area contributed by atoms with E-state index in [1.807, 2.05) is 62.5 Å². The molecule has 0 spiro atoms. The largest absolute Gasteiger partial charge is 0.269 e. The van der Waals surface area contributed by atoms with Gasteiger partial charge in [0, 0.05) is 7.05 Å². The lowest BCUT2D eigenvalue weighted by Gasteiger charge is -2.12. The Morgan fingerprint density at radius 3 is 2.05 bits per heavy atom. The summed E-state index contributed by atoms with van der Waals surface area (Å²) in [7, 11) is 1.95. The lowest BCUT2D eigenvalue weighted by atomic mass is 10.2. The molecule has 2 aromatic carbocycles. The van der Waals surface area contributed by atoms with E-state index >= 15 is 0 Å². The minimum atomic E-state index is 1.09. The molecular weight excluding hydrogens is 232 g/mol. The lowest BCUT2D eigenvalue weighted by molar-refractivity contribution is 1.02. The van der Waals surface area contributed by atoms with Crippen LogP contribution in [0.2, 0.25) is 0 Å². The van der Waals surface area contributed by atoms with Crippen LogP contribution in [-0.4, -0.2) is 13.3 Å². The third kappa shape index (κ3) is 4.96. The maximum absolute atomic E-state index is 4.40. The van der Waals surface area contributed by atoms with Crippen molar-refractivity contribution < 1.29 is 0 Å². The first-order chi connectivity index (χ1) is 9.25. The Balaban J connectivity index is 0.000000861. The summed E-state index contributed by atoms with van der Waals surface area (Å²) in [5.74, 6) is 0. The normalized spacial score (nSPS) is 9.89. The summed E-state index contributed by atoms with van der Waals surface area (Å²) in [6.07, 6.45) is 1.86. The number of hydrazone groups is 1. The highest BCUT2D eigenvalue weighted by atomic mass is 15.4. The summed E-state index contributed by atoms with van der Waals surface area (Å²) in [5.41, 5.74) is 3.45. The summed E-state index contributed by atoms with van der Waals surface area (Å²) in [4.78, 5) is 0. The minimum absolute atomic E-state index is 1.09. The number of hydrogen-bond acceptors (Lipinski definition) is 2. The fourth-order valence-corrected chi connectivity index (χ4v) is 1.52. The Morgan fingerprint density at radius 2 is 1.47 bits per heavy atom. The van der Waals surface area contributed by atoms with Crippen molar-refractivity contribution in [2.75, 3.05) is 12.1 Å². The van der Waals surface area contributed by atoms with Gasteiger partial charge in [-0.25, -0.2) is 0 Å². The standard InChI is InChI=1S/C15H16N2.C2H6/c1-13-8-10-15(11-9-13)17(2)16-12-14-6-4-3-5-7-14;1-2/h3-12H,1-2H3;1-2H3. The van der Waals surface area contributed by atoms with Crippen molar-refractivity contribution >= 4 is 11.9 Å². The van der Waals surface area contributed by atoms with Gasteiger partial charge in [0.2, 0.25) is 0 Å². The van der Waals surface area contributed by atoms with Crippen LogP contribution in [0, 0.1) is 6.92 Å². The van der Waals surface area contributed by atoms with Gasteiger partial charge in [-0.2, -0.15) is 5.10 Å². The van der Waals surface area contributed by atoms with E-state index in [-0.39, 0.29) is 0 Å². The zero-order valence-corrected chi connectivity index (χ0v) is 12.2. The molecular formula is C17H22N2. The van der Waals surface area contributed by atoms with E-state index in [0.717, 1.165) is 11.3 Å². The molecule has 100 valence electrons. The Kier molecular flexibility index (Phi) is 6.37. The molecule has 0 aliphatic rings. The Bertz CT molecular complexity index is 486. The molecule has 2 aromatic rings. The first-order valence-electron chi connectivity index (χ1n) is 6.65. The molecule has 2 nitrogen and oxygen atoms in total. The number of rotatable bonds is 3. The third-order valence-electron chi connectivity index (χ3n) is 2.59. The van der Waals surface area contributed by atoms with Gasteiger partial charge in [0.25, 0.3) is 0 Å². The Hall–Kier alpha value is -2.09. The van der Waals surface area contributed by atoms with Gasteiger partial charge in [-0.05, 0) is 24.6 Å². The van der Waals surface area contributed by atoms with Crippen molar-refractivity contribution in [1.82, 2.24) is 0 Å². The third-order valence-corrected chi connectivity index (χ3v) is 2.59. The van der Waals surface area contributed by atoms with Crippen LogP contribution in [0.1, 0.15) is 25.0 Å². The van der Waals surface area contributed by atoms with Crippen LogP contribution in [0.4, 0.5) is 5.69 Å². The molecule has 0 atom stereocenters. The van der Waals surface area contributed by atoms with E-state index in [9.17, 15) is 0 Å². The van der Waals surface area contributed by atoms with Gasteiger partial charge >= 0.3 is 0 Å². The van der Waals surface area contributed by atoms with Crippen LogP contribution >= 0.6 is 0 Å². The summed E-state index contributed by atoms with van der Waals surface area (Å²) in [6, 6.07) is 18.4. The maximum Gasteiger partial charge on any atom is 0.0590 e. The second-order valence-corrected chi connectivity index (χ2v) is 4.01. The second-order valence-electron chi connectivity index (χ2n) is 4.01. The van der Waals surface area contributed by atoms with Gasteiger partial charge in [0.05, 0.1) is 11.9 Å². The van der Waals surface area contributed by atoms with Crippen molar-refractivity contribution in [3.63, 3.8) is 0 Å². The fourth-order valence-electron chi connectivity index (χ4n) is 1.52. The van der Waals surface area contributed by atoms with Gasteiger partial charge < -0.3 is 0 Å². The topological polar surface area (TPSA) is 15.6 Å². The van der Waals surface area contributed by atoms with Crippen LogP contribution in [-0.2, 0) is 0 Å². The number of nitrogens with zero attached hydrogens (tertiary/aromatic N) is 2. The molecule has 0 unspecified atom stereocenters. The summed E-state index contributed by atoms with van der Waals surface area (Å²) in [5, 5.41) is 6.27. The van der Waals surface area contributed by atoms with Gasteiger partial charge in [-0.15, -0.1) is 0 Å². The predicted octanol–water partition coefficient (Wildman–Crippen LogP) is 4.49. The number of aryl methyl sites for hydroxylation is 1. The van der Waals surface area contributed by atoms with Crippen LogP contribution < -0.4 is 5.01 Å². The van der Waals surface area contributed by atoms with Crippen LogP contribution in [0.5, 0.6) is 0 Å². The fraction of sp³-hybridized carbons (Fsp3) is 0.235. The van der Waals surface area contributed by atoms with Crippen molar-refractivity contribution in [1.29, 1.82) is 0 Å². The molecule has 0 N–H and O–H groups in total. The average Bonchev–Trinajstić information content (AvgIpc) is 2.49. The predicted molar refractivity (Wildman–Crippen MR) is 85.0 cm³/mol. The molecule has 0 aliphatic heterocycles. The van der Waals surface area contributed by atoms with E-state index in [0.29, 0.717) is 0 Å².